The predicted molar refractivity (Wildman–Crippen MR) is 119 cm³/mol. The summed E-state index contributed by atoms with van der Waals surface area (Å²) in [7, 11) is 4.02. The van der Waals surface area contributed by atoms with Gasteiger partial charge in [0.25, 0.3) is 5.56 Å². The highest BCUT2D eigenvalue weighted by Gasteiger charge is 2.20. The molecule has 0 saturated heterocycles. The molecule has 0 spiro atoms. The van der Waals surface area contributed by atoms with E-state index in [-0.39, 0.29) is 23.9 Å². The summed E-state index contributed by atoms with van der Waals surface area (Å²) >= 11 is 3.31. The van der Waals surface area contributed by atoms with Crippen LogP contribution in [0.1, 0.15) is 41.3 Å². The molecule has 1 atom stereocenters. The first-order valence-corrected chi connectivity index (χ1v) is 11.8. The monoisotopic (exact) mass is 430 g/mol. The van der Waals surface area contributed by atoms with Gasteiger partial charge in [-0.05, 0) is 67.7 Å². The Morgan fingerprint density at radius 2 is 2.17 bits per heavy atom. The number of carbonyl (C=O) groups excluding carboxylic acids is 1. The molecule has 3 heterocycles. The summed E-state index contributed by atoms with van der Waals surface area (Å²) in [6, 6.07) is 2.23. The molecule has 0 saturated carbocycles. The van der Waals surface area contributed by atoms with Crippen molar-refractivity contribution in [1.82, 2.24) is 19.8 Å². The molecule has 29 heavy (non-hydrogen) atoms. The maximum absolute atomic E-state index is 13.0. The molecule has 0 fully saturated rings. The lowest BCUT2D eigenvalue weighted by atomic mass is 9.97. The van der Waals surface area contributed by atoms with Crippen molar-refractivity contribution in [2.75, 3.05) is 20.6 Å². The molecule has 154 valence electrons. The van der Waals surface area contributed by atoms with E-state index in [2.05, 4.69) is 26.6 Å². The maximum atomic E-state index is 13.0. The molecule has 1 aliphatic rings. The number of hydrogen-bond acceptors (Lipinski definition) is 6. The molecular formula is C21H26N4O2S2. The third-order valence-corrected chi connectivity index (χ3v) is 7.47. The van der Waals surface area contributed by atoms with Gasteiger partial charge in [0.1, 0.15) is 4.83 Å². The zero-order chi connectivity index (χ0) is 20.4. The molecule has 0 bridgehead atoms. The van der Waals surface area contributed by atoms with Crippen LogP contribution in [0.4, 0.5) is 0 Å². The molecule has 3 aromatic rings. The minimum atomic E-state index is -0.0496. The number of nitrogens with one attached hydrogen (secondary N) is 1. The van der Waals surface area contributed by atoms with Crippen molar-refractivity contribution in [3.8, 4) is 0 Å². The first-order chi connectivity index (χ1) is 14.0. The van der Waals surface area contributed by atoms with Gasteiger partial charge >= 0.3 is 0 Å². The largest absolute Gasteiger partial charge is 0.354 e. The average molecular weight is 431 g/mol. The summed E-state index contributed by atoms with van der Waals surface area (Å²) in [4.78, 5) is 34.1. The van der Waals surface area contributed by atoms with Crippen molar-refractivity contribution in [1.29, 1.82) is 0 Å². The van der Waals surface area contributed by atoms with Gasteiger partial charge in [0.15, 0.2) is 0 Å². The van der Waals surface area contributed by atoms with Crippen LogP contribution in [0, 0.1) is 0 Å². The number of aryl methyl sites for hydroxylation is 3. The van der Waals surface area contributed by atoms with Crippen LogP contribution in [-0.2, 0) is 24.2 Å². The van der Waals surface area contributed by atoms with Gasteiger partial charge in [-0.25, -0.2) is 4.98 Å². The number of likely N-dealkylation sites (N-methyl/N-ethyl adjacent to an activating group) is 1. The number of hydrogen-bond donors (Lipinski definition) is 1. The Morgan fingerprint density at radius 1 is 1.34 bits per heavy atom. The summed E-state index contributed by atoms with van der Waals surface area (Å²) < 4.78 is 1.59. The zero-order valence-electron chi connectivity index (χ0n) is 16.8. The van der Waals surface area contributed by atoms with Crippen LogP contribution in [0.25, 0.3) is 10.2 Å². The molecule has 8 heteroatoms. The standard InChI is InChI=1S/C21H26N4O2S2/c1-24(2)16(14-8-10-28-12-14)11-22-18(26)7-9-25-13-23-20-19(21(25)27)15-5-3-4-6-17(15)29-20/h8,10,12-13,16H,3-7,9,11H2,1-2H3,(H,22,26). The molecule has 6 nitrogen and oxygen atoms in total. The van der Waals surface area contributed by atoms with E-state index < -0.39 is 0 Å². The van der Waals surface area contributed by atoms with Crippen LogP contribution >= 0.6 is 22.7 Å². The topological polar surface area (TPSA) is 67.2 Å². The van der Waals surface area contributed by atoms with Crippen LogP contribution in [-0.4, -0.2) is 41.0 Å². The molecule has 0 aliphatic heterocycles. The lowest BCUT2D eigenvalue weighted by Gasteiger charge is -2.24. The number of amides is 1. The number of rotatable bonds is 7. The third-order valence-electron chi connectivity index (χ3n) is 5.57. The van der Waals surface area contributed by atoms with E-state index in [1.165, 1.54) is 22.4 Å². The van der Waals surface area contributed by atoms with E-state index >= 15 is 0 Å². The van der Waals surface area contributed by atoms with Gasteiger partial charge in [-0.2, -0.15) is 11.3 Å². The molecule has 3 aromatic heterocycles. The Bertz CT molecular complexity index is 1050. The molecule has 0 radical (unpaired) electrons. The molecule has 1 unspecified atom stereocenters. The van der Waals surface area contributed by atoms with Crippen LogP contribution in [0.3, 0.4) is 0 Å². The van der Waals surface area contributed by atoms with Gasteiger partial charge in [0, 0.05) is 24.4 Å². The highest BCUT2D eigenvalue weighted by molar-refractivity contribution is 7.18. The maximum Gasteiger partial charge on any atom is 0.262 e. The second-order valence-corrected chi connectivity index (χ2v) is 9.59. The molecule has 1 amide bonds. The van der Waals surface area contributed by atoms with E-state index in [1.54, 1.807) is 33.6 Å². The van der Waals surface area contributed by atoms with Crippen molar-refractivity contribution in [3.63, 3.8) is 0 Å². The lowest BCUT2D eigenvalue weighted by molar-refractivity contribution is -0.121. The zero-order valence-corrected chi connectivity index (χ0v) is 18.4. The minimum absolute atomic E-state index is 0.00774. The number of aromatic nitrogens is 2. The fourth-order valence-electron chi connectivity index (χ4n) is 3.92. The quantitative estimate of drug-likeness (QED) is 0.625. The summed E-state index contributed by atoms with van der Waals surface area (Å²) in [5.41, 5.74) is 2.39. The second kappa shape index (κ2) is 8.77. The van der Waals surface area contributed by atoms with E-state index in [0.717, 1.165) is 29.5 Å². The fourth-order valence-corrected chi connectivity index (χ4v) is 5.85. The molecule has 0 aromatic carbocycles. The average Bonchev–Trinajstić information content (AvgIpc) is 3.35. The Balaban J connectivity index is 1.41. The SMILES string of the molecule is CN(C)C(CNC(=O)CCn1cnc2sc3c(c2c1=O)CCCC3)c1ccsc1. The highest BCUT2D eigenvalue weighted by Crippen LogP contribution is 2.33. The summed E-state index contributed by atoms with van der Waals surface area (Å²) in [5, 5.41) is 7.95. The number of carbonyl (C=O) groups is 1. The van der Waals surface area contributed by atoms with Gasteiger partial charge in [-0.3, -0.25) is 14.2 Å². The van der Waals surface area contributed by atoms with Crippen LogP contribution < -0.4 is 10.9 Å². The number of fused-ring (bicyclic) bond motifs is 3. The van der Waals surface area contributed by atoms with E-state index in [4.69, 9.17) is 0 Å². The van der Waals surface area contributed by atoms with Crippen molar-refractivity contribution >= 4 is 38.8 Å². The lowest BCUT2D eigenvalue weighted by Crippen LogP contribution is -2.35. The molecular weight excluding hydrogens is 404 g/mol. The highest BCUT2D eigenvalue weighted by atomic mass is 32.1. The Morgan fingerprint density at radius 3 is 2.93 bits per heavy atom. The van der Waals surface area contributed by atoms with E-state index in [1.807, 2.05) is 19.5 Å². The minimum Gasteiger partial charge on any atom is -0.354 e. The van der Waals surface area contributed by atoms with Gasteiger partial charge in [0.2, 0.25) is 5.91 Å². The van der Waals surface area contributed by atoms with E-state index in [9.17, 15) is 9.59 Å². The summed E-state index contributed by atoms with van der Waals surface area (Å²) in [6.07, 6.45) is 6.19. The summed E-state index contributed by atoms with van der Waals surface area (Å²) in [6.45, 7) is 0.899. The smallest absolute Gasteiger partial charge is 0.262 e. The summed E-state index contributed by atoms with van der Waals surface area (Å²) in [5.74, 6) is -0.0496. The van der Waals surface area contributed by atoms with Crippen molar-refractivity contribution in [3.05, 3.63) is 49.5 Å². The van der Waals surface area contributed by atoms with Crippen molar-refractivity contribution in [2.45, 2.75) is 44.7 Å². The van der Waals surface area contributed by atoms with E-state index in [0.29, 0.717) is 13.1 Å². The molecule has 1 aliphatic carbocycles. The third kappa shape index (κ3) is 4.29. The Hall–Kier alpha value is -2.03. The van der Waals surface area contributed by atoms with Gasteiger partial charge < -0.3 is 10.2 Å². The fraction of sp³-hybridized carbons (Fsp3) is 0.476. The van der Waals surface area contributed by atoms with Crippen molar-refractivity contribution in [2.24, 2.45) is 0 Å². The van der Waals surface area contributed by atoms with Crippen LogP contribution in [0.2, 0.25) is 0 Å². The van der Waals surface area contributed by atoms with Crippen LogP contribution in [0.5, 0.6) is 0 Å². The second-order valence-electron chi connectivity index (χ2n) is 7.72. The van der Waals surface area contributed by atoms with Gasteiger partial charge in [-0.15, -0.1) is 11.3 Å². The molecule has 1 N–H and O–H groups in total. The number of thiophene rings is 2. The number of nitrogens with zero attached hydrogens (tertiary/aromatic N) is 3. The Labute approximate surface area is 178 Å². The first kappa shape index (κ1) is 20.3. The predicted octanol–water partition coefficient (Wildman–Crippen LogP) is 3.21. The van der Waals surface area contributed by atoms with Gasteiger partial charge in [0.05, 0.1) is 17.8 Å². The van der Waals surface area contributed by atoms with Crippen LogP contribution in [0.15, 0.2) is 27.9 Å². The first-order valence-electron chi connectivity index (χ1n) is 9.99. The normalized spacial score (nSPS) is 14.9. The van der Waals surface area contributed by atoms with Gasteiger partial charge in [-0.1, -0.05) is 0 Å². The van der Waals surface area contributed by atoms with Crippen molar-refractivity contribution < 1.29 is 4.79 Å². The Kier molecular flexibility index (Phi) is 6.12. The molecule has 4 rings (SSSR count).